The van der Waals surface area contributed by atoms with Gasteiger partial charge in [0.25, 0.3) is 6.43 Å². The molecule has 0 amide bonds. The van der Waals surface area contributed by atoms with Crippen LogP contribution >= 0.6 is 15.9 Å². The number of alkyl halides is 2. The molecule has 0 saturated carbocycles. The first kappa shape index (κ1) is 10.2. The van der Waals surface area contributed by atoms with E-state index in [9.17, 15) is 8.78 Å². The van der Waals surface area contributed by atoms with Crippen LogP contribution in [0.5, 0.6) is 5.75 Å². The first-order valence-electron chi connectivity index (χ1n) is 3.34. The highest BCUT2D eigenvalue weighted by atomic mass is 79.9. The number of pyridine rings is 1. The van der Waals surface area contributed by atoms with Crippen molar-refractivity contribution in [2.75, 3.05) is 12.8 Å². The van der Waals surface area contributed by atoms with Crippen molar-refractivity contribution in [2.45, 2.75) is 6.43 Å². The van der Waals surface area contributed by atoms with E-state index in [1.54, 1.807) is 0 Å². The lowest BCUT2D eigenvalue weighted by atomic mass is 10.2. The Kier molecular flexibility index (Phi) is 3.02. The topological polar surface area (TPSA) is 48.1 Å². The van der Waals surface area contributed by atoms with E-state index in [2.05, 4.69) is 20.9 Å². The Morgan fingerprint density at radius 1 is 1.62 bits per heavy atom. The summed E-state index contributed by atoms with van der Waals surface area (Å²) in [5, 5.41) is 0. The van der Waals surface area contributed by atoms with E-state index < -0.39 is 6.43 Å². The second-order valence-electron chi connectivity index (χ2n) is 2.24. The summed E-state index contributed by atoms with van der Waals surface area (Å²) in [6.45, 7) is 0. The monoisotopic (exact) mass is 252 g/mol. The van der Waals surface area contributed by atoms with Gasteiger partial charge in [-0.15, -0.1) is 0 Å². The number of nitrogens with two attached hydrogens (primary N) is 1. The minimum atomic E-state index is -2.67. The van der Waals surface area contributed by atoms with Crippen molar-refractivity contribution in [2.24, 2.45) is 0 Å². The van der Waals surface area contributed by atoms with Crippen molar-refractivity contribution >= 4 is 21.7 Å². The average Bonchev–Trinajstić information content (AvgIpc) is 2.04. The van der Waals surface area contributed by atoms with E-state index in [0.717, 1.165) is 0 Å². The number of hydrogen-bond acceptors (Lipinski definition) is 3. The van der Waals surface area contributed by atoms with Crippen LogP contribution in [0.15, 0.2) is 10.7 Å². The van der Waals surface area contributed by atoms with Gasteiger partial charge in [0.15, 0.2) is 5.75 Å². The lowest BCUT2D eigenvalue weighted by Crippen LogP contribution is -2.01. The fourth-order valence-corrected chi connectivity index (χ4v) is 1.49. The third-order valence-electron chi connectivity index (χ3n) is 1.49. The van der Waals surface area contributed by atoms with Gasteiger partial charge in [0.2, 0.25) is 0 Å². The summed E-state index contributed by atoms with van der Waals surface area (Å²) in [7, 11) is 1.37. The number of halogens is 3. The van der Waals surface area contributed by atoms with Crippen LogP contribution in [0.25, 0.3) is 0 Å². The molecule has 1 aromatic heterocycles. The molecule has 1 aromatic rings. The largest absolute Gasteiger partial charge is 0.494 e. The molecule has 0 unspecified atom stereocenters. The highest BCUT2D eigenvalue weighted by Crippen LogP contribution is 2.36. The number of methoxy groups -OCH3 is 1. The summed E-state index contributed by atoms with van der Waals surface area (Å²) in [6.07, 6.45) is -1.39. The second-order valence-corrected chi connectivity index (χ2v) is 3.03. The summed E-state index contributed by atoms with van der Waals surface area (Å²) >= 11 is 2.97. The highest BCUT2D eigenvalue weighted by Gasteiger charge is 2.19. The standard InChI is InChI=1S/C7H7BrF2N2O/c1-13-3-2-12-7(11)4(5(3)8)6(9)10/h2,6H,1H3,(H2,11,12). The molecule has 72 valence electrons. The third-order valence-corrected chi connectivity index (χ3v) is 2.31. The van der Waals surface area contributed by atoms with E-state index in [-0.39, 0.29) is 21.6 Å². The Labute approximate surface area is 82.0 Å². The SMILES string of the molecule is COc1cnc(N)c(C(F)F)c1Br. The summed E-state index contributed by atoms with van der Waals surface area (Å²) < 4.78 is 29.7. The lowest BCUT2D eigenvalue weighted by molar-refractivity contribution is 0.150. The molecule has 1 heterocycles. The Morgan fingerprint density at radius 3 is 2.69 bits per heavy atom. The van der Waals surface area contributed by atoms with Crippen LogP contribution in [-0.4, -0.2) is 12.1 Å². The van der Waals surface area contributed by atoms with Crippen LogP contribution in [0.3, 0.4) is 0 Å². The Bertz CT molecular complexity index is 320. The summed E-state index contributed by atoms with van der Waals surface area (Å²) in [6, 6.07) is 0. The molecule has 0 spiro atoms. The summed E-state index contributed by atoms with van der Waals surface area (Å²) in [5.74, 6) is 0.0483. The zero-order valence-electron chi connectivity index (χ0n) is 6.72. The van der Waals surface area contributed by atoms with Gasteiger partial charge in [-0.05, 0) is 15.9 Å². The van der Waals surface area contributed by atoms with Gasteiger partial charge in [-0.2, -0.15) is 0 Å². The number of nitrogens with zero attached hydrogens (tertiary/aromatic N) is 1. The lowest BCUT2D eigenvalue weighted by Gasteiger charge is -2.09. The molecule has 0 radical (unpaired) electrons. The zero-order valence-corrected chi connectivity index (χ0v) is 8.31. The minimum Gasteiger partial charge on any atom is -0.494 e. The molecular formula is C7H7BrF2N2O. The van der Waals surface area contributed by atoms with E-state index in [0.29, 0.717) is 0 Å². The zero-order chi connectivity index (χ0) is 10.0. The number of nitrogen functional groups attached to an aromatic ring is 1. The van der Waals surface area contributed by atoms with Crippen molar-refractivity contribution in [1.82, 2.24) is 4.98 Å². The van der Waals surface area contributed by atoms with Gasteiger partial charge in [0.1, 0.15) is 5.82 Å². The maximum absolute atomic E-state index is 12.4. The molecule has 2 N–H and O–H groups in total. The van der Waals surface area contributed by atoms with E-state index in [1.165, 1.54) is 13.3 Å². The van der Waals surface area contributed by atoms with Crippen LogP contribution in [0.2, 0.25) is 0 Å². The van der Waals surface area contributed by atoms with Gasteiger partial charge in [0, 0.05) is 0 Å². The molecule has 0 aliphatic heterocycles. The number of anilines is 1. The molecule has 0 atom stereocenters. The average molecular weight is 253 g/mol. The number of rotatable bonds is 2. The molecule has 0 aliphatic carbocycles. The van der Waals surface area contributed by atoms with Gasteiger partial charge < -0.3 is 10.5 Å². The van der Waals surface area contributed by atoms with Gasteiger partial charge in [-0.1, -0.05) is 0 Å². The molecular weight excluding hydrogens is 246 g/mol. The van der Waals surface area contributed by atoms with Crippen LogP contribution in [0, 0.1) is 0 Å². The van der Waals surface area contributed by atoms with Crippen molar-refractivity contribution in [3.63, 3.8) is 0 Å². The van der Waals surface area contributed by atoms with Crippen LogP contribution < -0.4 is 10.5 Å². The van der Waals surface area contributed by atoms with Gasteiger partial charge in [0.05, 0.1) is 23.3 Å². The molecule has 0 fully saturated rings. The third kappa shape index (κ3) is 1.88. The summed E-state index contributed by atoms with van der Waals surface area (Å²) in [5.41, 5.74) is 4.94. The molecule has 1 rings (SSSR count). The van der Waals surface area contributed by atoms with Gasteiger partial charge in [-0.3, -0.25) is 0 Å². The van der Waals surface area contributed by atoms with E-state index >= 15 is 0 Å². The second kappa shape index (κ2) is 3.87. The maximum atomic E-state index is 12.4. The predicted molar refractivity (Wildman–Crippen MR) is 47.9 cm³/mol. The van der Waals surface area contributed by atoms with Crippen LogP contribution in [-0.2, 0) is 0 Å². The first-order chi connectivity index (χ1) is 6.07. The summed E-state index contributed by atoms with van der Waals surface area (Å²) in [4.78, 5) is 3.57. The number of ether oxygens (including phenoxy) is 1. The highest BCUT2D eigenvalue weighted by molar-refractivity contribution is 9.10. The normalized spacial score (nSPS) is 10.5. The van der Waals surface area contributed by atoms with Gasteiger partial charge in [-0.25, -0.2) is 13.8 Å². The fourth-order valence-electron chi connectivity index (χ4n) is 0.849. The van der Waals surface area contributed by atoms with E-state index in [4.69, 9.17) is 10.5 Å². The quantitative estimate of drug-likeness (QED) is 0.880. The predicted octanol–water partition coefficient (Wildman–Crippen LogP) is 2.37. The van der Waals surface area contributed by atoms with Gasteiger partial charge >= 0.3 is 0 Å². The Morgan fingerprint density at radius 2 is 2.23 bits per heavy atom. The van der Waals surface area contributed by atoms with E-state index in [1.807, 2.05) is 0 Å². The number of hydrogen-bond donors (Lipinski definition) is 1. The maximum Gasteiger partial charge on any atom is 0.268 e. The van der Waals surface area contributed by atoms with Crippen molar-refractivity contribution in [3.8, 4) is 5.75 Å². The Hall–Kier alpha value is -0.910. The molecule has 0 aliphatic rings. The number of aromatic nitrogens is 1. The van der Waals surface area contributed by atoms with Crippen LogP contribution in [0.4, 0.5) is 14.6 Å². The molecule has 0 aromatic carbocycles. The molecule has 0 saturated heterocycles. The van der Waals surface area contributed by atoms with Crippen molar-refractivity contribution < 1.29 is 13.5 Å². The van der Waals surface area contributed by atoms with Crippen LogP contribution in [0.1, 0.15) is 12.0 Å². The first-order valence-corrected chi connectivity index (χ1v) is 4.13. The Balaban J connectivity index is 3.30. The van der Waals surface area contributed by atoms with Crippen molar-refractivity contribution in [1.29, 1.82) is 0 Å². The molecule has 6 heteroatoms. The smallest absolute Gasteiger partial charge is 0.268 e. The van der Waals surface area contributed by atoms with Crippen molar-refractivity contribution in [3.05, 3.63) is 16.2 Å². The molecule has 0 bridgehead atoms. The molecule has 3 nitrogen and oxygen atoms in total. The minimum absolute atomic E-state index is 0.150. The fraction of sp³-hybridized carbons (Fsp3) is 0.286. The molecule has 13 heavy (non-hydrogen) atoms.